The third-order valence-corrected chi connectivity index (χ3v) is 2.27. The highest BCUT2D eigenvalue weighted by atomic mass is 16.5. The number of hydrogen-bond acceptors (Lipinski definition) is 5. The van der Waals surface area contributed by atoms with Gasteiger partial charge in [-0.25, -0.2) is 9.79 Å². The van der Waals surface area contributed by atoms with Gasteiger partial charge in [0.2, 0.25) is 0 Å². The summed E-state index contributed by atoms with van der Waals surface area (Å²) in [5.74, 6) is -0.230. The van der Waals surface area contributed by atoms with E-state index in [1.807, 2.05) is 6.92 Å². The van der Waals surface area contributed by atoms with Crippen molar-refractivity contribution in [2.75, 3.05) is 20.3 Å². The predicted molar refractivity (Wildman–Crippen MR) is 54.8 cm³/mol. The molecular weight excluding hydrogens is 198 g/mol. The van der Waals surface area contributed by atoms with Gasteiger partial charge in [-0.05, 0) is 6.92 Å². The Labute approximate surface area is 89.4 Å². The van der Waals surface area contributed by atoms with E-state index in [1.54, 1.807) is 14.0 Å². The second-order valence-electron chi connectivity index (χ2n) is 3.48. The van der Waals surface area contributed by atoms with Gasteiger partial charge in [-0.1, -0.05) is 6.92 Å². The zero-order chi connectivity index (χ0) is 11.3. The van der Waals surface area contributed by atoms with E-state index in [-0.39, 0.29) is 18.0 Å². The first-order valence-corrected chi connectivity index (χ1v) is 5.03. The molecule has 0 aliphatic carbocycles. The van der Waals surface area contributed by atoms with Gasteiger partial charge < -0.3 is 14.2 Å². The van der Waals surface area contributed by atoms with E-state index in [4.69, 9.17) is 14.2 Å². The molecule has 0 bridgehead atoms. The van der Waals surface area contributed by atoms with Gasteiger partial charge in [-0.2, -0.15) is 0 Å². The van der Waals surface area contributed by atoms with Crippen LogP contribution in [0.1, 0.15) is 13.8 Å². The smallest absolute Gasteiger partial charge is 0.334 e. The van der Waals surface area contributed by atoms with Gasteiger partial charge in [0.05, 0.1) is 13.2 Å². The van der Waals surface area contributed by atoms with E-state index < -0.39 is 6.04 Å². The van der Waals surface area contributed by atoms with E-state index >= 15 is 0 Å². The molecule has 15 heavy (non-hydrogen) atoms. The summed E-state index contributed by atoms with van der Waals surface area (Å²) in [5.41, 5.74) is 0. The maximum Gasteiger partial charge on any atom is 0.334 e. The molecule has 5 heteroatoms. The van der Waals surface area contributed by atoms with Crippen molar-refractivity contribution in [2.45, 2.75) is 26.0 Å². The average molecular weight is 215 g/mol. The minimum Gasteiger partial charge on any atom is -0.477 e. The Kier molecular flexibility index (Phi) is 4.55. The number of aliphatic imine (C=N–C) groups is 1. The number of hydrogen-bond donors (Lipinski definition) is 0. The SMILES string of the molecule is CCOC(=O)C1N=COC1C(C)COC. The normalized spacial score (nSPS) is 26.1. The van der Waals surface area contributed by atoms with Gasteiger partial charge in [0.1, 0.15) is 6.10 Å². The molecule has 0 aromatic rings. The van der Waals surface area contributed by atoms with Crippen molar-refractivity contribution in [2.24, 2.45) is 10.9 Å². The summed E-state index contributed by atoms with van der Waals surface area (Å²) in [5, 5.41) is 0. The van der Waals surface area contributed by atoms with Crippen molar-refractivity contribution in [3.63, 3.8) is 0 Å². The van der Waals surface area contributed by atoms with Crippen LogP contribution in [-0.4, -0.2) is 44.8 Å². The topological polar surface area (TPSA) is 57.1 Å². The monoisotopic (exact) mass is 215 g/mol. The van der Waals surface area contributed by atoms with Gasteiger partial charge in [-0.3, -0.25) is 0 Å². The molecule has 0 aromatic heterocycles. The lowest BCUT2D eigenvalue weighted by Crippen LogP contribution is -2.38. The van der Waals surface area contributed by atoms with Crippen LogP contribution in [0, 0.1) is 5.92 Å². The summed E-state index contributed by atoms with van der Waals surface area (Å²) in [6.07, 6.45) is 1.04. The lowest BCUT2D eigenvalue weighted by atomic mass is 9.99. The molecule has 0 N–H and O–H groups in total. The van der Waals surface area contributed by atoms with Crippen molar-refractivity contribution in [3.05, 3.63) is 0 Å². The summed E-state index contributed by atoms with van der Waals surface area (Å²) in [7, 11) is 1.62. The molecule has 86 valence electrons. The fourth-order valence-electron chi connectivity index (χ4n) is 1.56. The number of carbonyl (C=O) groups excluding carboxylic acids is 1. The molecule has 1 rings (SSSR count). The third-order valence-electron chi connectivity index (χ3n) is 2.27. The molecule has 0 saturated carbocycles. The molecule has 0 amide bonds. The number of carbonyl (C=O) groups is 1. The summed E-state index contributed by atoms with van der Waals surface area (Å²) in [6, 6.07) is -0.546. The van der Waals surface area contributed by atoms with Gasteiger partial charge in [0, 0.05) is 13.0 Å². The van der Waals surface area contributed by atoms with Crippen molar-refractivity contribution in [1.82, 2.24) is 0 Å². The Hall–Kier alpha value is -1.10. The molecule has 0 fully saturated rings. The quantitative estimate of drug-likeness (QED) is 0.631. The van der Waals surface area contributed by atoms with Gasteiger partial charge in [0.25, 0.3) is 0 Å². The van der Waals surface area contributed by atoms with Crippen molar-refractivity contribution < 1.29 is 19.0 Å². The second-order valence-corrected chi connectivity index (χ2v) is 3.48. The Bertz CT molecular complexity index is 242. The molecule has 5 nitrogen and oxygen atoms in total. The molecule has 0 aromatic carbocycles. The highest BCUT2D eigenvalue weighted by Gasteiger charge is 2.37. The minimum absolute atomic E-state index is 0.104. The van der Waals surface area contributed by atoms with Crippen LogP contribution in [0.25, 0.3) is 0 Å². The zero-order valence-electron chi connectivity index (χ0n) is 9.30. The Morgan fingerprint density at radius 2 is 2.40 bits per heavy atom. The number of rotatable bonds is 5. The lowest BCUT2D eigenvalue weighted by Gasteiger charge is -2.21. The maximum absolute atomic E-state index is 11.5. The molecule has 0 saturated heterocycles. The predicted octanol–water partition coefficient (Wildman–Crippen LogP) is 0.628. The fourth-order valence-corrected chi connectivity index (χ4v) is 1.56. The summed E-state index contributed by atoms with van der Waals surface area (Å²) >= 11 is 0. The van der Waals surface area contributed by atoms with Gasteiger partial charge in [0.15, 0.2) is 12.4 Å². The van der Waals surface area contributed by atoms with E-state index in [0.717, 1.165) is 0 Å². The van der Waals surface area contributed by atoms with Crippen LogP contribution in [0.5, 0.6) is 0 Å². The van der Waals surface area contributed by atoms with Crippen LogP contribution in [-0.2, 0) is 19.0 Å². The van der Waals surface area contributed by atoms with Crippen LogP contribution in [0.4, 0.5) is 0 Å². The molecule has 3 atom stereocenters. The zero-order valence-corrected chi connectivity index (χ0v) is 9.30. The molecule has 0 radical (unpaired) electrons. The van der Waals surface area contributed by atoms with Crippen LogP contribution >= 0.6 is 0 Å². The molecular formula is C10H17NO4. The molecule has 3 unspecified atom stereocenters. The van der Waals surface area contributed by atoms with Crippen LogP contribution in [0.3, 0.4) is 0 Å². The molecule has 1 aliphatic heterocycles. The van der Waals surface area contributed by atoms with Crippen LogP contribution < -0.4 is 0 Å². The summed E-state index contributed by atoms with van der Waals surface area (Å²) < 4.78 is 15.2. The summed E-state index contributed by atoms with van der Waals surface area (Å²) in [4.78, 5) is 15.5. The van der Waals surface area contributed by atoms with Gasteiger partial charge >= 0.3 is 5.97 Å². The number of ether oxygens (including phenoxy) is 3. The highest BCUT2D eigenvalue weighted by molar-refractivity contribution is 5.79. The summed E-state index contributed by atoms with van der Waals surface area (Å²) in [6.45, 7) is 4.61. The minimum atomic E-state index is -0.546. The lowest BCUT2D eigenvalue weighted by molar-refractivity contribution is -0.147. The van der Waals surface area contributed by atoms with E-state index in [0.29, 0.717) is 13.2 Å². The Morgan fingerprint density at radius 3 is 3.00 bits per heavy atom. The molecule has 1 aliphatic rings. The first kappa shape index (κ1) is 12.0. The first-order valence-electron chi connectivity index (χ1n) is 5.03. The Morgan fingerprint density at radius 1 is 1.67 bits per heavy atom. The Balaban J connectivity index is 2.55. The van der Waals surface area contributed by atoms with E-state index in [9.17, 15) is 4.79 Å². The van der Waals surface area contributed by atoms with E-state index in [1.165, 1.54) is 6.40 Å². The average Bonchev–Trinajstić information content (AvgIpc) is 2.66. The van der Waals surface area contributed by atoms with Crippen molar-refractivity contribution in [3.8, 4) is 0 Å². The molecule has 1 heterocycles. The fraction of sp³-hybridized carbons (Fsp3) is 0.800. The van der Waals surface area contributed by atoms with E-state index in [2.05, 4.69) is 4.99 Å². The van der Waals surface area contributed by atoms with Crippen LogP contribution in [0.2, 0.25) is 0 Å². The number of methoxy groups -OCH3 is 1. The number of esters is 1. The standard InChI is InChI=1S/C10H17NO4/c1-4-14-10(12)8-9(15-6-11-8)7(2)5-13-3/h6-9H,4-5H2,1-3H3. The van der Waals surface area contributed by atoms with Crippen molar-refractivity contribution in [1.29, 1.82) is 0 Å². The molecule has 0 spiro atoms. The maximum atomic E-state index is 11.5. The first-order chi connectivity index (χ1) is 7.20. The van der Waals surface area contributed by atoms with Crippen LogP contribution in [0.15, 0.2) is 4.99 Å². The van der Waals surface area contributed by atoms with Crippen molar-refractivity contribution >= 4 is 12.4 Å². The highest BCUT2D eigenvalue weighted by Crippen LogP contribution is 2.19. The third kappa shape index (κ3) is 2.92. The van der Waals surface area contributed by atoms with Gasteiger partial charge in [-0.15, -0.1) is 0 Å². The second kappa shape index (κ2) is 5.70. The number of nitrogens with zero attached hydrogens (tertiary/aromatic N) is 1. The largest absolute Gasteiger partial charge is 0.477 e.